The lowest BCUT2D eigenvalue weighted by molar-refractivity contribution is 0.213. The van der Waals surface area contributed by atoms with Gasteiger partial charge in [-0.25, -0.2) is 9.67 Å². The van der Waals surface area contributed by atoms with E-state index in [4.69, 9.17) is 25.6 Å². The van der Waals surface area contributed by atoms with Gasteiger partial charge in [0.25, 0.3) is 0 Å². The van der Waals surface area contributed by atoms with Gasteiger partial charge in [0.2, 0.25) is 5.76 Å². The summed E-state index contributed by atoms with van der Waals surface area (Å²) in [5.41, 5.74) is 8.62. The van der Waals surface area contributed by atoms with E-state index >= 15 is 0 Å². The highest BCUT2D eigenvalue weighted by atomic mass is 35.5. The van der Waals surface area contributed by atoms with E-state index < -0.39 is 10.1 Å². The van der Waals surface area contributed by atoms with E-state index in [1.807, 2.05) is 60.7 Å². The van der Waals surface area contributed by atoms with Crippen molar-refractivity contribution in [3.8, 4) is 16.9 Å². The molecule has 3 aromatic carbocycles. The molecule has 0 N–H and O–H groups in total. The van der Waals surface area contributed by atoms with Crippen molar-refractivity contribution in [3.05, 3.63) is 131 Å². The first kappa shape index (κ1) is 26.0. The van der Waals surface area contributed by atoms with Gasteiger partial charge in [0.1, 0.15) is 4.90 Å². The maximum atomic E-state index is 12.7. The van der Waals surface area contributed by atoms with Gasteiger partial charge in [0, 0.05) is 34.5 Å². The van der Waals surface area contributed by atoms with Crippen LogP contribution < -0.4 is 0 Å². The Hall–Kier alpha value is -4.58. The number of halogens is 1. The molecule has 9 heteroatoms. The number of allylic oxidation sites excluding steroid dienone is 2. The number of aromatic nitrogens is 2. The molecule has 7 nitrogen and oxygen atoms in total. The van der Waals surface area contributed by atoms with Crippen molar-refractivity contribution in [1.82, 2.24) is 9.78 Å². The molecule has 0 unspecified atom stereocenters. The van der Waals surface area contributed by atoms with Crippen molar-refractivity contribution in [1.29, 1.82) is 0 Å². The summed E-state index contributed by atoms with van der Waals surface area (Å²) in [5.74, 6) is 0.692. The maximum Gasteiger partial charge on any atom is 0.339 e. The van der Waals surface area contributed by atoms with Gasteiger partial charge in [-0.15, -0.1) is 0 Å². The molecule has 1 aromatic heterocycles. The molecule has 1 heterocycles. The number of benzene rings is 3. The Morgan fingerprint density at radius 2 is 1.67 bits per heavy atom. The Balaban J connectivity index is 1.51. The van der Waals surface area contributed by atoms with Crippen LogP contribution in [0.15, 0.2) is 136 Å². The standard InChI is InChI=1S/C30H22ClN3O4S/c1-2-37-29-19-22(13-18-28(29)38-39(35,36)26-11-7-4-8-12-26)21-32-30-20-27(23-14-16-24(31)17-15-23)33-34(30)25-9-5-3-6-10-25/h3-12,14-17,19-21H,2H2,1H3/b32-21+. The Bertz CT molecular complexity index is 1760. The minimum absolute atomic E-state index is 0.0251. The largest absolute Gasteiger partial charge is 0.489 e. The van der Waals surface area contributed by atoms with Crippen molar-refractivity contribution < 1.29 is 17.3 Å². The second kappa shape index (κ2) is 11.4. The highest BCUT2D eigenvalue weighted by Gasteiger charge is 2.22. The van der Waals surface area contributed by atoms with Gasteiger partial charge in [-0.3, -0.25) is 0 Å². The summed E-state index contributed by atoms with van der Waals surface area (Å²) in [6.45, 7) is 2.08. The van der Waals surface area contributed by atoms with Gasteiger partial charge in [0.05, 0.1) is 18.0 Å². The Labute approximate surface area is 231 Å². The first-order valence-corrected chi connectivity index (χ1v) is 13.8. The Morgan fingerprint density at radius 1 is 0.974 bits per heavy atom. The van der Waals surface area contributed by atoms with Crippen LogP contribution in [0.3, 0.4) is 0 Å². The zero-order chi connectivity index (χ0) is 27.2. The molecule has 0 saturated carbocycles. The lowest BCUT2D eigenvalue weighted by Crippen LogP contribution is -2.10. The van der Waals surface area contributed by atoms with Gasteiger partial charge in [-0.05, 0) is 49.1 Å². The first-order valence-electron chi connectivity index (χ1n) is 12.0. The lowest BCUT2D eigenvalue weighted by Gasteiger charge is -2.13. The minimum Gasteiger partial charge on any atom is -0.489 e. The van der Waals surface area contributed by atoms with Crippen LogP contribution >= 0.6 is 11.6 Å². The summed E-state index contributed by atoms with van der Waals surface area (Å²) < 4.78 is 38.1. The van der Waals surface area contributed by atoms with Crippen molar-refractivity contribution in [2.75, 3.05) is 6.61 Å². The molecule has 5 rings (SSSR count). The molecule has 0 aliphatic heterocycles. The van der Waals surface area contributed by atoms with E-state index in [1.165, 1.54) is 12.1 Å². The van der Waals surface area contributed by atoms with Crippen molar-refractivity contribution in [2.24, 2.45) is 4.99 Å². The number of nitrogens with zero attached hydrogens (tertiary/aromatic N) is 3. The van der Waals surface area contributed by atoms with Gasteiger partial charge in [0.15, 0.2) is 11.6 Å². The van der Waals surface area contributed by atoms with Crippen LogP contribution in [0.25, 0.3) is 16.9 Å². The molecule has 39 heavy (non-hydrogen) atoms. The third-order valence-corrected chi connectivity index (χ3v) is 7.01. The average Bonchev–Trinajstić information content (AvgIpc) is 3.39. The fraction of sp³-hybridized carbons (Fsp3) is 0.0667. The predicted octanol–water partition coefficient (Wildman–Crippen LogP) is 6.80. The normalized spacial score (nSPS) is 13.1. The number of para-hydroxylation sites is 1. The fourth-order valence-electron chi connectivity index (χ4n) is 3.69. The van der Waals surface area contributed by atoms with E-state index in [9.17, 15) is 8.42 Å². The zero-order valence-corrected chi connectivity index (χ0v) is 22.4. The summed E-state index contributed by atoms with van der Waals surface area (Å²) in [7, 11) is -4.07. The summed E-state index contributed by atoms with van der Waals surface area (Å²) in [4.78, 5) is 4.68. The topological polar surface area (TPSA) is 82.8 Å². The van der Waals surface area contributed by atoms with Crippen LogP contribution in [0.4, 0.5) is 5.82 Å². The van der Waals surface area contributed by atoms with Crippen molar-refractivity contribution in [2.45, 2.75) is 11.8 Å². The number of hydrogen-bond donors (Lipinski definition) is 0. The molecule has 1 aliphatic rings. The van der Waals surface area contributed by atoms with Crippen LogP contribution in [-0.4, -0.2) is 31.0 Å². The number of ether oxygens (including phenoxy) is 1. The van der Waals surface area contributed by atoms with Gasteiger partial charge >= 0.3 is 10.1 Å². The highest BCUT2D eigenvalue weighted by Crippen LogP contribution is 2.28. The quantitative estimate of drug-likeness (QED) is 0.129. The molecule has 0 amide bonds. The van der Waals surface area contributed by atoms with Crippen LogP contribution in [-0.2, 0) is 19.0 Å². The van der Waals surface area contributed by atoms with Gasteiger partial charge < -0.3 is 8.92 Å². The molecule has 4 aromatic rings. The van der Waals surface area contributed by atoms with E-state index in [-0.39, 0.29) is 16.4 Å². The van der Waals surface area contributed by atoms with Crippen LogP contribution in [0, 0.1) is 0 Å². The molecule has 0 bridgehead atoms. The van der Waals surface area contributed by atoms with E-state index in [0.29, 0.717) is 23.0 Å². The van der Waals surface area contributed by atoms with Gasteiger partial charge in [-0.2, -0.15) is 13.5 Å². The van der Waals surface area contributed by atoms with Crippen LogP contribution in [0.1, 0.15) is 6.92 Å². The SMILES string of the molecule is CCOC1=CC(/C=N/c2cc(-c3ccc(Cl)cc3)nn2-c2ccccc2)=C=C=C1OS(=O)(=O)c1ccccc1. The summed E-state index contributed by atoms with van der Waals surface area (Å²) in [5, 5.41) is 5.39. The first-order chi connectivity index (χ1) is 18.9. The summed E-state index contributed by atoms with van der Waals surface area (Å²) in [6.07, 6.45) is 3.18. The molecule has 0 spiro atoms. The van der Waals surface area contributed by atoms with E-state index in [2.05, 4.69) is 16.5 Å². The molecular formula is C30H22ClN3O4S. The van der Waals surface area contributed by atoms with Crippen molar-refractivity contribution in [3.63, 3.8) is 0 Å². The smallest absolute Gasteiger partial charge is 0.339 e. The molecule has 1 aliphatic carbocycles. The molecule has 0 atom stereocenters. The van der Waals surface area contributed by atoms with Crippen LogP contribution in [0.5, 0.6) is 0 Å². The number of aliphatic imine (C=N–C) groups is 1. The Morgan fingerprint density at radius 3 is 2.36 bits per heavy atom. The lowest BCUT2D eigenvalue weighted by atomic mass is 10.1. The molecule has 0 fully saturated rings. The minimum atomic E-state index is -4.07. The molecular weight excluding hydrogens is 534 g/mol. The predicted molar refractivity (Wildman–Crippen MR) is 151 cm³/mol. The van der Waals surface area contributed by atoms with E-state index in [0.717, 1.165) is 16.9 Å². The summed E-state index contributed by atoms with van der Waals surface area (Å²) in [6, 6.07) is 26.8. The van der Waals surface area contributed by atoms with Crippen molar-refractivity contribution >= 4 is 33.8 Å². The third-order valence-electron chi connectivity index (χ3n) is 5.52. The number of hydrogen-bond acceptors (Lipinski definition) is 6. The van der Waals surface area contributed by atoms with E-state index in [1.54, 1.807) is 42.1 Å². The molecule has 0 saturated heterocycles. The van der Waals surface area contributed by atoms with Gasteiger partial charge in [-0.1, -0.05) is 65.9 Å². The van der Waals surface area contributed by atoms with Crippen LogP contribution in [0.2, 0.25) is 5.02 Å². The number of rotatable bonds is 9. The second-order valence-electron chi connectivity index (χ2n) is 8.23. The molecule has 194 valence electrons. The Kier molecular flexibility index (Phi) is 7.64. The third kappa shape index (κ3) is 6.12. The highest BCUT2D eigenvalue weighted by molar-refractivity contribution is 7.86. The zero-order valence-electron chi connectivity index (χ0n) is 20.8. The maximum absolute atomic E-state index is 12.7. The summed E-state index contributed by atoms with van der Waals surface area (Å²) >= 11 is 6.05. The molecule has 0 radical (unpaired) electrons. The average molecular weight is 556 g/mol. The fourth-order valence-corrected chi connectivity index (χ4v) is 4.75. The second-order valence-corrected chi connectivity index (χ2v) is 10.2. The monoisotopic (exact) mass is 555 g/mol.